The predicted octanol–water partition coefficient (Wildman–Crippen LogP) is 0.361. The number of carbonyl (C=O) groups is 2. The van der Waals surface area contributed by atoms with E-state index in [4.69, 9.17) is 0 Å². The van der Waals surface area contributed by atoms with E-state index in [1.54, 1.807) is 0 Å². The molecule has 2 amide bonds. The molecule has 17 heavy (non-hydrogen) atoms. The van der Waals surface area contributed by atoms with Gasteiger partial charge in [0.2, 0.25) is 0 Å². The summed E-state index contributed by atoms with van der Waals surface area (Å²) in [5.41, 5.74) is 0. The Bertz CT molecular complexity index is 230. The second-order valence-electron chi connectivity index (χ2n) is 4.38. The average molecular weight is 243 g/mol. The molecule has 100 valence electrons. The maximum atomic E-state index is 11.3. The van der Waals surface area contributed by atoms with Crippen LogP contribution < -0.4 is 10.6 Å². The lowest BCUT2D eigenvalue weighted by Gasteiger charge is -2.09. The fraction of sp³-hybridized carbons (Fsp3) is 0.833. The van der Waals surface area contributed by atoms with Crippen LogP contribution in [0.5, 0.6) is 0 Å². The first-order chi connectivity index (χ1) is 8.07. The third-order valence-electron chi connectivity index (χ3n) is 2.34. The van der Waals surface area contributed by atoms with Crippen molar-refractivity contribution in [1.82, 2.24) is 15.5 Å². The molecule has 0 bridgehead atoms. The van der Waals surface area contributed by atoms with Crippen LogP contribution in [-0.4, -0.2) is 50.4 Å². The highest BCUT2D eigenvalue weighted by molar-refractivity contribution is 6.35. The normalized spacial score (nSPS) is 10.4. The third kappa shape index (κ3) is 9.81. The number of unbranched alkanes of at least 4 members (excludes halogenated alkanes) is 2. The largest absolute Gasteiger partial charge is 0.348 e. The van der Waals surface area contributed by atoms with Crippen molar-refractivity contribution in [2.75, 3.05) is 33.7 Å². The Hall–Kier alpha value is -1.10. The molecule has 0 aliphatic rings. The topological polar surface area (TPSA) is 61.4 Å². The number of nitrogens with zero attached hydrogens (tertiary/aromatic N) is 1. The summed E-state index contributed by atoms with van der Waals surface area (Å²) in [7, 11) is 3.95. The van der Waals surface area contributed by atoms with Crippen LogP contribution in [0.4, 0.5) is 0 Å². The molecule has 0 saturated heterocycles. The SMILES string of the molecule is CCCCCNC(=O)C(=O)NCCCN(C)C. The van der Waals surface area contributed by atoms with Crippen LogP contribution in [0.1, 0.15) is 32.6 Å². The summed E-state index contributed by atoms with van der Waals surface area (Å²) in [6.45, 7) is 4.12. The molecule has 0 radical (unpaired) electrons. The lowest BCUT2D eigenvalue weighted by molar-refractivity contribution is -0.139. The number of amides is 2. The number of rotatable bonds is 8. The lowest BCUT2D eigenvalue weighted by atomic mass is 10.2. The van der Waals surface area contributed by atoms with Crippen molar-refractivity contribution in [3.05, 3.63) is 0 Å². The summed E-state index contributed by atoms with van der Waals surface area (Å²) in [5.74, 6) is -1.05. The Morgan fingerprint density at radius 2 is 1.47 bits per heavy atom. The fourth-order valence-electron chi connectivity index (χ4n) is 1.33. The molecule has 0 aliphatic carbocycles. The van der Waals surface area contributed by atoms with Crippen molar-refractivity contribution in [2.45, 2.75) is 32.6 Å². The van der Waals surface area contributed by atoms with Gasteiger partial charge in [0.15, 0.2) is 0 Å². The molecule has 5 nitrogen and oxygen atoms in total. The molecule has 0 atom stereocenters. The zero-order valence-electron chi connectivity index (χ0n) is 11.2. The predicted molar refractivity (Wildman–Crippen MR) is 68.7 cm³/mol. The summed E-state index contributed by atoms with van der Waals surface area (Å²) in [6, 6.07) is 0. The van der Waals surface area contributed by atoms with Gasteiger partial charge in [-0.15, -0.1) is 0 Å². The maximum absolute atomic E-state index is 11.3. The van der Waals surface area contributed by atoms with Crippen LogP contribution in [0.25, 0.3) is 0 Å². The minimum absolute atomic E-state index is 0.522. The van der Waals surface area contributed by atoms with Gasteiger partial charge in [-0.2, -0.15) is 0 Å². The zero-order chi connectivity index (χ0) is 13.1. The Balaban J connectivity index is 3.50. The first-order valence-corrected chi connectivity index (χ1v) is 6.28. The molecule has 0 spiro atoms. The van der Waals surface area contributed by atoms with Crippen LogP contribution in [-0.2, 0) is 9.59 Å². The van der Waals surface area contributed by atoms with Crippen molar-refractivity contribution < 1.29 is 9.59 Å². The van der Waals surface area contributed by atoms with Gasteiger partial charge in [-0.1, -0.05) is 19.8 Å². The van der Waals surface area contributed by atoms with Crippen LogP contribution >= 0.6 is 0 Å². The molecule has 0 rings (SSSR count). The summed E-state index contributed by atoms with van der Waals surface area (Å²) in [6.07, 6.45) is 3.95. The number of hydrogen-bond acceptors (Lipinski definition) is 3. The second-order valence-corrected chi connectivity index (χ2v) is 4.38. The van der Waals surface area contributed by atoms with E-state index in [-0.39, 0.29) is 0 Å². The van der Waals surface area contributed by atoms with Gasteiger partial charge >= 0.3 is 11.8 Å². The molecule has 0 aromatic rings. The molecule has 0 aliphatic heterocycles. The van der Waals surface area contributed by atoms with Gasteiger partial charge in [-0.05, 0) is 33.5 Å². The van der Waals surface area contributed by atoms with E-state index in [0.717, 1.165) is 32.2 Å². The molecule has 0 aromatic carbocycles. The van der Waals surface area contributed by atoms with E-state index in [1.165, 1.54) is 0 Å². The van der Waals surface area contributed by atoms with Crippen molar-refractivity contribution in [2.24, 2.45) is 0 Å². The lowest BCUT2D eigenvalue weighted by Crippen LogP contribution is -2.41. The highest BCUT2D eigenvalue weighted by atomic mass is 16.2. The van der Waals surface area contributed by atoms with Crippen LogP contribution in [0.2, 0.25) is 0 Å². The minimum atomic E-state index is -0.528. The second kappa shape index (κ2) is 10.1. The Morgan fingerprint density at radius 3 is 1.94 bits per heavy atom. The van der Waals surface area contributed by atoms with Crippen LogP contribution in [0.3, 0.4) is 0 Å². The Labute approximate surface area is 104 Å². The number of carbonyl (C=O) groups excluding carboxylic acids is 2. The van der Waals surface area contributed by atoms with Gasteiger partial charge in [0, 0.05) is 13.1 Å². The molecule has 0 fully saturated rings. The van der Waals surface area contributed by atoms with Gasteiger partial charge in [0.25, 0.3) is 0 Å². The van der Waals surface area contributed by atoms with E-state index in [0.29, 0.717) is 13.1 Å². The van der Waals surface area contributed by atoms with E-state index in [1.807, 2.05) is 19.0 Å². The summed E-state index contributed by atoms with van der Waals surface area (Å²) < 4.78 is 0. The third-order valence-corrected chi connectivity index (χ3v) is 2.34. The Kier molecular flexibility index (Phi) is 9.43. The van der Waals surface area contributed by atoms with Crippen molar-refractivity contribution in [1.29, 1.82) is 0 Å². The highest BCUT2D eigenvalue weighted by Gasteiger charge is 2.11. The van der Waals surface area contributed by atoms with E-state index in [2.05, 4.69) is 17.6 Å². The van der Waals surface area contributed by atoms with Gasteiger partial charge in [-0.25, -0.2) is 0 Å². The first kappa shape index (κ1) is 15.9. The summed E-state index contributed by atoms with van der Waals surface area (Å²) >= 11 is 0. The smallest absolute Gasteiger partial charge is 0.309 e. The van der Waals surface area contributed by atoms with E-state index >= 15 is 0 Å². The molecule has 0 heterocycles. The standard InChI is InChI=1S/C12H25N3O2/c1-4-5-6-8-13-11(16)12(17)14-9-7-10-15(2)3/h4-10H2,1-3H3,(H,13,16)(H,14,17). The minimum Gasteiger partial charge on any atom is -0.348 e. The van der Waals surface area contributed by atoms with Crippen molar-refractivity contribution in [3.8, 4) is 0 Å². The van der Waals surface area contributed by atoms with Gasteiger partial charge < -0.3 is 15.5 Å². The fourth-order valence-corrected chi connectivity index (χ4v) is 1.33. The van der Waals surface area contributed by atoms with E-state index < -0.39 is 11.8 Å². The number of nitrogens with one attached hydrogen (secondary N) is 2. The van der Waals surface area contributed by atoms with Crippen molar-refractivity contribution >= 4 is 11.8 Å². The van der Waals surface area contributed by atoms with Gasteiger partial charge in [-0.3, -0.25) is 9.59 Å². The molecular formula is C12H25N3O2. The summed E-state index contributed by atoms with van der Waals surface area (Å²) in [5, 5.41) is 5.21. The Morgan fingerprint density at radius 1 is 0.941 bits per heavy atom. The first-order valence-electron chi connectivity index (χ1n) is 6.28. The van der Waals surface area contributed by atoms with Crippen molar-refractivity contribution in [3.63, 3.8) is 0 Å². The quantitative estimate of drug-likeness (QED) is 0.478. The summed E-state index contributed by atoms with van der Waals surface area (Å²) in [4.78, 5) is 24.7. The average Bonchev–Trinajstić information content (AvgIpc) is 2.29. The highest BCUT2D eigenvalue weighted by Crippen LogP contribution is 1.90. The van der Waals surface area contributed by atoms with Crippen LogP contribution in [0, 0.1) is 0 Å². The van der Waals surface area contributed by atoms with Gasteiger partial charge in [0.1, 0.15) is 0 Å². The molecular weight excluding hydrogens is 218 g/mol. The molecule has 0 unspecified atom stereocenters. The van der Waals surface area contributed by atoms with Crippen LogP contribution in [0.15, 0.2) is 0 Å². The van der Waals surface area contributed by atoms with Gasteiger partial charge in [0.05, 0.1) is 0 Å². The maximum Gasteiger partial charge on any atom is 0.309 e. The molecule has 5 heteroatoms. The molecule has 2 N–H and O–H groups in total. The zero-order valence-corrected chi connectivity index (χ0v) is 11.2. The number of hydrogen-bond donors (Lipinski definition) is 2. The molecule has 0 saturated carbocycles. The van der Waals surface area contributed by atoms with E-state index in [9.17, 15) is 9.59 Å². The molecule has 0 aromatic heterocycles. The monoisotopic (exact) mass is 243 g/mol.